The lowest BCUT2D eigenvalue weighted by Crippen LogP contribution is -2.38. The first-order valence-corrected chi connectivity index (χ1v) is 7.53. The second-order valence-corrected chi connectivity index (χ2v) is 6.08. The molecule has 1 aromatic rings. The predicted molar refractivity (Wildman–Crippen MR) is 82.0 cm³/mol. The van der Waals surface area contributed by atoms with Crippen molar-refractivity contribution in [2.24, 2.45) is 0 Å². The first-order chi connectivity index (χ1) is 8.59. The van der Waals surface area contributed by atoms with Gasteiger partial charge in [-0.3, -0.25) is 0 Å². The second kappa shape index (κ2) is 7.80. The van der Waals surface area contributed by atoms with E-state index in [2.05, 4.69) is 35.1 Å². The summed E-state index contributed by atoms with van der Waals surface area (Å²) in [5, 5.41) is 13.0. The molecular weight excluding hydrogens is 290 g/mol. The van der Waals surface area contributed by atoms with Crippen LogP contribution in [0.4, 0.5) is 5.69 Å². The molecule has 0 aromatic heterocycles. The summed E-state index contributed by atoms with van der Waals surface area (Å²) >= 11 is 3.46. The Morgan fingerprint density at radius 1 is 1.28 bits per heavy atom. The number of halogens is 1. The molecule has 2 N–H and O–H groups in total. The van der Waals surface area contributed by atoms with Crippen LogP contribution in [-0.4, -0.2) is 17.3 Å². The Labute approximate surface area is 119 Å². The Hall–Kier alpha value is -0.540. The normalized spacial score (nSPS) is 14.2. The van der Waals surface area contributed by atoms with Crippen molar-refractivity contribution in [1.29, 1.82) is 0 Å². The van der Waals surface area contributed by atoms with Crippen molar-refractivity contribution in [3.8, 4) is 0 Å². The van der Waals surface area contributed by atoms with Crippen LogP contribution in [0.2, 0.25) is 0 Å². The molecule has 3 heteroatoms. The summed E-state index contributed by atoms with van der Waals surface area (Å²) in [6.07, 6.45) is 5.92. The Morgan fingerprint density at radius 2 is 2.06 bits per heavy atom. The molecule has 102 valence electrons. The van der Waals surface area contributed by atoms with Crippen LogP contribution in [0.15, 0.2) is 28.7 Å². The van der Waals surface area contributed by atoms with E-state index in [0.717, 1.165) is 23.0 Å². The van der Waals surface area contributed by atoms with Gasteiger partial charge < -0.3 is 10.4 Å². The van der Waals surface area contributed by atoms with Crippen molar-refractivity contribution in [3.63, 3.8) is 0 Å². The summed E-state index contributed by atoms with van der Waals surface area (Å²) in [6, 6.07) is 8.08. The Morgan fingerprint density at radius 3 is 2.67 bits per heavy atom. The number of aliphatic hydroxyl groups excluding tert-OH is 1. The highest BCUT2D eigenvalue weighted by Gasteiger charge is 2.22. The van der Waals surface area contributed by atoms with E-state index in [1.54, 1.807) is 0 Å². The number of hydrogen-bond donors (Lipinski definition) is 2. The van der Waals surface area contributed by atoms with Gasteiger partial charge in [0.25, 0.3) is 0 Å². The van der Waals surface area contributed by atoms with Crippen LogP contribution >= 0.6 is 15.9 Å². The van der Waals surface area contributed by atoms with Gasteiger partial charge in [-0.25, -0.2) is 0 Å². The van der Waals surface area contributed by atoms with Crippen LogP contribution in [0.5, 0.6) is 0 Å². The molecule has 1 rings (SSSR count). The van der Waals surface area contributed by atoms with Crippen LogP contribution in [0.1, 0.15) is 46.0 Å². The molecule has 1 unspecified atom stereocenters. The standard InChI is InChI=1S/C15H24BrNO/c1-3-4-5-6-10-15(2,12-18)17-14-9-7-8-13(16)11-14/h7-9,11,17-18H,3-6,10,12H2,1-2H3. The first kappa shape index (κ1) is 15.5. The predicted octanol–water partition coefficient (Wildman–Crippen LogP) is 4.58. The quantitative estimate of drug-likeness (QED) is 0.688. The smallest absolute Gasteiger partial charge is 0.0658 e. The van der Waals surface area contributed by atoms with Gasteiger partial charge in [-0.05, 0) is 31.5 Å². The molecule has 18 heavy (non-hydrogen) atoms. The SMILES string of the molecule is CCCCCCC(C)(CO)Nc1cccc(Br)c1. The fourth-order valence-electron chi connectivity index (χ4n) is 2.04. The molecule has 0 aliphatic heterocycles. The maximum absolute atomic E-state index is 9.60. The van der Waals surface area contributed by atoms with E-state index in [9.17, 15) is 5.11 Å². The van der Waals surface area contributed by atoms with Gasteiger partial charge in [0.05, 0.1) is 12.1 Å². The third-order valence-electron chi connectivity index (χ3n) is 3.20. The molecule has 0 spiro atoms. The molecule has 0 saturated carbocycles. The zero-order valence-corrected chi connectivity index (χ0v) is 13.0. The van der Waals surface area contributed by atoms with Gasteiger partial charge in [0, 0.05) is 10.2 Å². The van der Waals surface area contributed by atoms with Crippen molar-refractivity contribution in [2.75, 3.05) is 11.9 Å². The number of hydrogen-bond acceptors (Lipinski definition) is 2. The average molecular weight is 314 g/mol. The number of aliphatic hydroxyl groups is 1. The van der Waals surface area contributed by atoms with Crippen LogP contribution < -0.4 is 5.32 Å². The zero-order valence-electron chi connectivity index (χ0n) is 11.4. The summed E-state index contributed by atoms with van der Waals surface area (Å²) in [6.45, 7) is 4.45. The van der Waals surface area contributed by atoms with Crippen molar-refractivity contribution in [3.05, 3.63) is 28.7 Å². The molecule has 0 aliphatic carbocycles. The van der Waals surface area contributed by atoms with Gasteiger partial charge >= 0.3 is 0 Å². The maximum Gasteiger partial charge on any atom is 0.0658 e. The van der Waals surface area contributed by atoms with Gasteiger partial charge in [-0.1, -0.05) is 54.6 Å². The number of benzene rings is 1. The van der Waals surface area contributed by atoms with Crippen molar-refractivity contribution < 1.29 is 5.11 Å². The number of rotatable bonds is 8. The van der Waals surface area contributed by atoms with Gasteiger partial charge in [0.2, 0.25) is 0 Å². The number of nitrogens with one attached hydrogen (secondary N) is 1. The highest BCUT2D eigenvalue weighted by atomic mass is 79.9. The summed E-state index contributed by atoms with van der Waals surface area (Å²) in [4.78, 5) is 0. The van der Waals surface area contributed by atoms with E-state index >= 15 is 0 Å². The van der Waals surface area contributed by atoms with Gasteiger partial charge in [0.1, 0.15) is 0 Å². The molecule has 1 atom stereocenters. The fourth-order valence-corrected chi connectivity index (χ4v) is 2.44. The molecule has 2 nitrogen and oxygen atoms in total. The lowest BCUT2D eigenvalue weighted by molar-refractivity contribution is 0.211. The summed E-state index contributed by atoms with van der Waals surface area (Å²) in [5.41, 5.74) is 0.825. The molecular formula is C15H24BrNO. The highest BCUT2D eigenvalue weighted by Crippen LogP contribution is 2.23. The monoisotopic (exact) mass is 313 g/mol. The molecule has 0 saturated heterocycles. The molecule has 0 bridgehead atoms. The first-order valence-electron chi connectivity index (χ1n) is 6.74. The second-order valence-electron chi connectivity index (χ2n) is 5.16. The third kappa shape index (κ3) is 5.40. The Balaban J connectivity index is 2.53. The lowest BCUT2D eigenvalue weighted by Gasteiger charge is -2.30. The molecule has 1 aromatic carbocycles. The summed E-state index contributed by atoms with van der Waals surface area (Å²) < 4.78 is 1.05. The molecule has 0 aliphatic rings. The van der Waals surface area contributed by atoms with E-state index in [1.165, 1.54) is 19.3 Å². The van der Waals surface area contributed by atoms with E-state index in [4.69, 9.17) is 0 Å². The van der Waals surface area contributed by atoms with E-state index < -0.39 is 0 Å². The Bertz CT molecular complexity index is 356. The highest BCUT2D eigenvalue weighted by molar-refractivity contribution is 9.10. The number of unbranched alkanes of at least 4 members (excludes halogenated alkanes) is 3. The topological polar surface area (TPSA) is 32.3 Å². The summed E-state index contributed by atoms with van der Waals surface area (Å²) in [5.74, 6) is 0. The third-order valence-corrected chi connectivity index (χ3v) is 3.70. The molecule has 0 fully saturated rings. The summed E-state index contributed by atoms with van der Waals surface area (Å²) in [7, 11) is 0. The zero-order chi connectivity index (χ0) is 13.4. The Kier molecular flexibility index (Phi) is 6.72. The van der Waals surface area contributed by atoms with Crippen LogP contribution in [0.25, 0.3) is 0 Å². The van der Waals surface area contributed by atoms with Gasteiger partial charge in [-0.15, -0.1) is 0 Å². The largest absolute Gasteiger partial charge is 0.394 e. The van der Waals surface area contributed by atoms with Gasteiger partial charge in [-0.2, -0.15) is 0 Å². The minimum absolute atomic E-state index is 0.158. The minimum Gasteiger partial charge on any atom is -0.394 e. The minimum atomic E-state index is -0.228. The molecule has 0 amide bonds. The van der Waals surface area contributed by atoms with Gasteiger partial charge in [0.15, 0.2) is 0 Å². The van der Waals surface area contributed by atoms with Crippen molar-refractivity contribution in [2.45, 2.75) is 51.5 Å². The van der Waals surface area contributed by atoms with Crippen molar-refractivity contribution >= 4 is 21.6 Å². The molecule has 0 heterocycles. The lowest BCUT2D eigenvalue weighted by atomic mass is 9.94. The van der Waals surface area contributed by atoms with Crippen LogP contribution in [-0.2, 0) is 0 Å². The van der Waals surface area contributed by atoms with Crippen molar-refractivity contribution in [1.82, 2.24) is 0 Å². The number of anilines is 1. The fraction of sp³-hybridized carbons (Fsp3) is 0.600. The van der Waals surface area contributed by atoms with Crippen LogP contribution in [0, 0.1) is 0 Å². The van der Waals surface area contributed by atoms with Crippen LogP contribution in [0.3, 0.4) is 0 Å². The average Bonchev–Trinajstić information content (AvgIpc) is 2.35. The maximum atomic E-state index is 9.60. The molecule has 0 radical (unpaired) electrons. The van der Waals surface area contributed by atoms with E-state index in [1.807, 2.05) is 24.3 Å². The van der Waals surface area contributed by atoms with E-state index in [0.29, 0.717) is 0 Å². The van der Waals surface area contributed by atoms with E-state index in [-0.39, 0.29) is 12.1 Å².